The molecule has 3 fully saturated rings. The van der Waals surface area contributed by atoms with Gasteiger partial charge in [-0.25, -0.2) is 9.37 Å². The lowest BCUT2D eigenvalue weighted by atomic mass is 9.88. The number of hydrogen-bond acceptors (Lipinski definition) is 5. The zero-order chi connectivity index (χ0) is 17.0. The second-order valence-corrected chi connectivity index (χ2v) is 8.21. The quantitative estimate of drug-likeness (QED) is 0.695. The summed E-state index contributed by atoms with van der Waals surface area (Å²) in [6, 6.07) is 8.39. The maximum absolute atomic E-state index is 13.3. The molecule has 0 N–H and O–H groups in total. The second kappa shape index (κ2) is 5.90. The average molecular weight is 375 g/mol. The van der Waals surface area contributed by atoms with Crippen LogP contribution >= 0.6 is 22.9 Å². The molecule has 128 valence electrons. The molecule has 3 aliphatic heterocycles. The van der Waals surface area contributed by atoms with E-state index < -0.39 is 0 Å². The van der Waals surface area contributed by atoms with E-state index in [0.29, 0.717) is 12.1 Å². The molecule has 3 aliphatic rings. The average Bonchev–Trinajstić information content (AvgIpc) is 2.96. The van der Waals surface area contributed by atoms with Crippen molar-refractivity contribution in [2.24, 2.45) is 0 Å². The fraction of sp³-hybridized carbons (Fsp3) is 0.333. The molecule has 2 atom stereocenters. The monoisotopic (exact) mass is 374 g/mol. The van der Waals surface area contributed by atoms with Gasteiger partial charge in [-0.05, 0) is 36.2 Å². The molecule has 2 bridgehead atoms. The minimum Gasteiger partial charge on any atom is -0.339 e. The molecule has 2 unspecified atom stereocenters. The van der Waals surface area contributed by atoms with Crippen LogP contribution in [0.25, 0.3) is 10.2 Å². The molecule has 3 aromatic rings. The van der Waals surface area contributed by atoms with Crippen LogP contribution in [-0.4, -0.2) is 40.0 Å². The zero-order valence-corrected chi connectivity index (χ0v) is 15.0. The molecule has 0 aliphatic carbocycles. The van der Waals surface area contributed by atoms with Gasteiger partial charge in [-0.1, -0.05) is 22.9 Å². The van der Waals surface area contributed by atoms with Crippen LogP contribution in [0.2, 0.25) is 5.02 Å². The zero-order valence-electron chi connectivity index (χ0n) is 13.4. The largest absolute Gasteiger partial charge is 0.339 e. The smallest absolute Gasteiger partial charge is 0.187 e. The summed E-state index contributed by atoms with van der Waals surface area (Å²) >= 11 is 7.80. The summed E-state index contributed by atoms with van der Waals surface area (Å²) < 4.78 is 14.4. The van der Waals surface area contributed by atoms with E-state index in [4.69, 9.17) is 16.6 Å². The Labute approximate surface area is 153 Å². The van der Waals surface area contributed by atoms with Crippen LogP contribution < -0.4 is 4.90 Å². The number of halogens is 2. The molecule has 0 radical (unpaired) electrons. The van der Waals surface area contributed by atoms with Crippen LogP contribution in [0.4, 0.5) is 9.52 Å². The fourth-order valence-corrected chi connectivity index (χ4v) is 5.32. The van der Waals surface area contributed by atoms with Crippen molar-refractivity contribution in [2.45, 2.75) is 25.0 Å². The topological polar surface area (TPSA) is 32.3 Å². The Morgan fingerprint density at radius 3 is 2.84 bits per heavy atom. The lowest BCUT2D eigenvalue weighted by Crippen LogP contribution is -2.68. The van der Waals surface area contributed by atoms with Gasteiger partial charge in [0.15, 0.2) is 5.13 Å². The van der Waals surface area contributed by atoms with E-state index in [2.05, 4.69) is 14.8 Å². The first-order chi connectivity index (χ1) is 12.2. The number of aromatic nitrogens is 2. The van der Waals surface area contributed by atoms with Crippen LogP contribution in [0.15, 0.2) is 36.7 Å². The van der Waals surface area contributed by atoms with E-state index in [0.717, 1.165) is 45.6 Å². The number of pyridine rings is 1. The Balaban J connectivity index is 1.32. The van der Waals surface area contributed by atoms with Crippen molar-refractivity contribution in [2.75, 3.05) is 18.0 Å². The van der Waals surface area contributed by atoms with E-state index in [1.807, 2.05) is 18.2 Å². The minimum atomic E-state index is -0.269. The summed E-state index contributed by atoms with van der Waals surface area (Å²) in [4.78, 5) is 13.6. The van der Waals surface area contributed by atoms with Crippen LogP contribution in [0, 0.1) is 5.82 Å². The van der Waals surface area contributed by atoms with Crippen molar-refractivity contribution >= 4 is 38.3 Å². The Kier molecular flexibility index (Phi) is 3.66. The van der Waals surface area contributed by atoms with Gasteiger partial charge < -0.3 is 4.90 Å². The number of piperazine rings is 1. The van der Waals surface area contributed by atoms with Gasteiger partial charge in [0.2, 0.25) is 0 Å². The molecule has 4 nitrogen and oxygen atoms in total. The van der Waals surface area contributed by atoms with Crippen molar-refractivity contribution in [1.29, 1.82) is 0 Å². The predicted molar refractivity (Wildman–Crippen MR) is 98.8 cm³/mol. The number of piperidine rings is 1. The number of anilines is 1. The highest BCUT2D eigenvalue weighted by atomic mass is 35.5. The van der Waals surface area contributed by atoms with Gasteiger partial charge in [0.1, 0.15) is 5.82 Å². The van der Waals surface area contributed by atoms with Crippen molar-refractivity contribution in [1.82, 2.24) is 14.9 Å². The Morgan fingerprint density at radius 2 is 2.04 bits per heavy atom. The fourth-order valence-electron chi connectivity index (χ4n) is 3.94. The number of thiazole rings is 1. The summed E-state index contributed by atoms with van der Waals surface area (Å²) in [5, 5.41) is 1.84. The highest BCUT2D eigenvalue weighted by Gasteiger charge is 2.45. The molecule has 2 aromatic heterocycles. The first kappa shape index (κ1) is 15.5. The second-order valence-electron chi connectivity index (χ2n) is 6.76. The maximum Gasteiger partial charge on any atom is 0.187 e. The van der Waals surface area contributed by atoms with E-state index in [9.17, 15) is 4.39 Å². The number of hydrogen-bond donors (Lipinski definition) is 0. The first-order valence-corrected chi connectivity index (χ1v) is 9.51. The van der Waals surface area contributed by atoms with Crippen LogP contribution in [0.3, 0.4) is 0 Å². The standard InChI is InChI=1S/C18H16ClFN4S/c19-12-1-2-16-17(4-12)25-18(22-16)24-14-5-15(24)10-23(9-14)8-11-3-13(20)7-21-6-11/h1-4,6-7,14-15H,5,8-10H2. The Hall–Kier alpha value is -1.76. The summed E-state index contributed by atoms with van der Waals surface area (Å²) in [5.41, 5.74) is 1.94. The highest BCUT2D eigenvalue weighted by molar-refractivity contribution is 7.22. The maximum atomic E-state index is 13.3. The molecule has 3 saturated heterocycles. The van der Waals surface area contributed by atoms with E-state index >= 15 is 0 Å². The molecule has 0 saturated carbocycles. The van der Waals surface area contributed by atoms with E-state index in [1.165, 1.54) is 12.6 Å². The molecule has 1 aromatic carbocycles. The molecular weight excluding hydrogens is 359 g/mol. The third-order valence-electron chi connectivity index (χ3n) is 5.00. The molecule has 0 spiro atoms. The summed E-state index contributed by atoms with van der Waals surface area (Å²) in [6.45, 7) is 2.70. The van der Waals surface area contributed by atoms with Gasteiger partial charge in [-0.15, -0.1) is 0 Å². The lowest BCUT2D eigenvalue weighted by molar-refractivity contribution is 0.108. The number of benzene rings is 1. The predicted octanol–water partition coefficient (Wildman–Crippen LogP) is 3.95. The number of rotatable bonds is 3. The molecule has 0 amide bonds. The third-order valence-corrected chi connectivity index (χ3v) is 6.26. The third kappa shape index (κ3) is 2.78. The molecule has 6 rings (SSSR count). The SMILES string of the molecule is Fc1cncc(CN2CC3CC(C2)N3c2nc3ccc(Cl)cc3s2)c1. The first-order valence-electron chi connectivity index (χ1n) is 8.32. The van der Waals surface area contributed by atoms with Crippen molar-refractivity contribution in [3.63, 3.8) is 0 Å². The highest BCUT2D eigenvalue weighted by Crippen LogP contribution is 2.41. The number of nitrogens with zero attached hydrogens (tertiary/aromatic N) is 4. The van der Waals surface area contributed by atoms with Gasteiger partial charge >= 0.3 is 0 Å². The molecule has 7 heteroatoms. The summed E-state index contributed by atoms with van der Waals surface area (Å²) in [6.07, 6.45) is 4.20. The van der Waals surface area contributed by atoms with Gasteiger partial charge in [-0.2, -0.15) is 0 Å². The normalized spacial score (nSPS) is 23.0. The molecule has 25 heavy (non-hydrogen) atoms. The van der Waals surface area contributed by atoms with Crippen LogP contribution in [-0.2, 0) is 6.54 Å². The summed E-state index contributed by atoms with van der Waals surface area (Å²) in [5.74, 6) is -0.269. The van der Waals surface area contributed by atoms with Crippen molar-refractivity contribution in [3.8, 4) is 0 Å². The van der Waals surface area contributed by atoms with Crippen molar-refractivity contribution in [3.05, 3.63) is 53.1 Å². The van der Waals surface area contributed by atoms with E-state index in [1.54, 1.807) is 23.6 Å². The van der Waals surface area contributed by atoms with Crippen LogP contribution in [0.5, 0.6) is 0 Å². The van der Waals surface area contributed by atoms with Crippen molar-refractivity contribution < 1.29 is 4.39 Å². The Bertz CT molecular complexity index is 934. The molecule has 5 heterocycles. The lowest BCUT2D eigenvalue weighted by Gasteiger charge is -2.56. The Morgan fingerprint density at radius 1 is 1.20 bits per heavy atom. The van der Waals surface area contributed by atoms with Gasteiger partial charge in [-0.3, -0.25) is 9.88 Å². The van der Waals surface area contributed by atoms with Gasteiger partial charge in [0, 0.05) is 42.9 Å². The minimum absolute atomic E-state index is 0.269. The van der Waals surface area contributed by atoms with E-state index in [-0.39, 0.29) is 5.82 Å². The summed E-state index contributed by atoms with van der Waals surface area (Å²) in [7, 11) is 0. The van der Waals surface area contributed by atoms with Crippen LogP contribution in [0.1, 0.15) is 12.0 Å². The number of fused-ring (bicyclic) bond motifs is 3. The van der Waals surface area contributed by atoms with Gasteiger partial charge in [0.25, 0.3) is 0 Å². The molecular formula is C18H16ClFN4S. The van der Waals surface area contributed by atoms with Gasteiger partial charge in [0.05, 0.1) is 16.4 Å².